The third kappa shape index (κ3) is 4.02. The summed E-state index contributed by atoms with van der Waals surface area (Å²) in [6.07, 6.45) is 0.960. The number of carboxylic acid groups (broad SMARTS) is 1. The maximum absolute atomic E-state index is 10.9. The molecule has 0 atom stereocenters. The van der Waals surface area contributed by atoms with E-state index in [0.717, 1.165) is 12.2 Å². The van der Waals surface area contributed by atoms with Crippen LogP contribution < -0.4 is 9.47 Å². The lowest BCUT2D eigenvalue weighted by Crippen LogP contribution is -1.97. The molecule has 1 aromatic carbocycles. The number of ether oxygens (including phenoxy) is 2. The molecule has 21 heavy (non-hydrogen) atoms. The molecule has 112 valence electrons. The molecule has 0 unspecified atom stereocenters. The van der Waals surface area contributed by atoms with Gasteiger partial charge in [0.2, 0.25) is 0 Å². The highest BCUT2D eigenvalue weighted by Crippen LogP contribution is 2.20. The summed E-state index contributed by atoms with van der Waals surface area (Å²) in [7, 11) is 0. The molecule has 1 aromatic heterocycles. The number of benzene rings is 1. The number of carboxylic acids is 1. The zero-order valence-corrected chi connectivity index (χ0v) is 12.1. The maximum atomic E-state index is 10.9. The zero-order chi connectivity index (χ0) is 15.2. The summed E-state index contributed by atoms with van der Waals surface area (Å²) in [5.41, 5.74) is 0.164. The Hall–Kier alpha value is -2.43. The fraction of sp³-hybridized carbons (Fsp3) is 0.312. The van der Waals surface area contributed by atoms with Crippen LogP contribution in [0.4, 0.5) is 0 Å². The molecule has 0 aliphatic heterocycles. The summed E-state index contributed by atoms with van der Waals surface area (Å²) >= 11 is 0. The fourth-order valence-corrected chi connectivity index (χ4v) is 1.83. The van der Waals surface area contributed by atoms with Crippen LogP contribution >= 0.6 is 0 Å². The molecular weight excluding hydrogens is 272 g/mol. The quantitative estimate of drug-likeness (QED) is 0.842. The monoisotopic (exact) mass is 290 g/mol. The Kier molecular flexibility index (Phi) is 4.87. The van der Waals surface area contributed by atoms with Crippen LogP contribution in [0.1, 0.15) is 35.2 Å². The smallest absolute Gasteiger partial charge is 0.339 e. The molecule has 0 aliphatic rings. The van der Waals surface area contributed by atoms with E-state index in [4.69, 9.17) is 19.0 Å². The molecule has 2 rings (SSSR count). The van der Waals surface area contributed by atoms with Crippen LogP contribution in [0.2, 0.25) is 0 Å². The van der Waals surface area contributed by atoms with Crippen molar-refractivity contribution in [1.82, 2.24) is 0 Å². The van der Waals surface area contributed by atoms with Gasteiger partial charge in [-0.05, 0) is 43.7 Å². The Labute approximate surface area is 123 Å². The van der Waals surface area contributed by atoms with E-state index < -0.39 is 5.97 Å². The van der Waals surface area contributed by atoms with Gasteiger partial charge in [-0.1, -0.05) is 6.92 Å². The van der Waals surface area contributed by atoms with Gasteiger partial charge in [0.15, 0.2) is 0 Å². The predicted molar refractivity (Wildman–Crippen MR) is 77.0 cm³/mol. The fourth-order valence-electron chi connectivity index (χ4n) is 1.83. The van der Waals surface area contributed by atoms with Crippen LogP contribution in [-0.4, -0.2) is 17.7 Å². The van der Waals surface area contributed by atoms with E-state index in [1.54, 1.807) is 19.1 Å². The molecule has 0 radical (unpaired) electrons. The Morgan fingerprint density at radius 3 is 2.33 bits per heavy atom. The molecule has 0 aliphatic carbocycles. The number of aromatic carboxylic acids is 1. The number of hydrogen-bond donors (Lipinski definition) is 1. The van der Waals surface area contributed by atoms with E-state index in [9.17, 15) is 4.79 Å². The van der Waals surface area contributed by atoms with Crippen molar-refractivity contribution in [3.8, 4) is 11.5 Å². The van der Waals surface area contributed by atoms with Gasteiger partial charge >= 0.3 is 5.97 Å². The van der Waals surface area contributed by atoms with Gasteiger partial charge in [0.05, 0.1) is 6.61 Å². The minimum Gasteiger partial charge on any atom is -0.494 e. The predicted octanol–water partition coefficient (Wildman–Crippen LogP) is 3.65. The highest BCUT2D eigenvalue weighted by atomic mass is 16.5. The van der Waals surface area contributed by atoms with Crippen molar-refractivity contribution in [2.75, 3.05) is 6.61 Å². The van der Waals surface area contributed by atoms with Crippen LogP contribution in [-0.2, 0) is 6.61 Å². The molecule has 0 saturated heterocycles. The van der Waals surface area contributed by atoms with Gasteiger partial charge in [0.1, 0.15) is 35.2 Å². The summed E-state index contributed by atoms with van der Waals surface area (Å²) in [5.74, 6) is 1.33. The minimum atomic E-state index is -1.00. The van der Waals surface area contributed by atoms with Gasteiger partial charge in [-0.2, -0.15) is 0 Å². The van der Waals surface area contributed by atoms with Crippen LogP contribution in [0.3, 0.4) is 0 Å². The molecule has 0 saturated carbocycles. The van der Waals surface area contributed by atoms with Crippen molar-refractivity contribution < 1.29 is 23.8 Å². The lowest BCUT2D eigenvalue weighted by Gasteiger charge is -2.07. The molecule has 1 heterocycles. The second kappa shape index (κ2) is 6.83. The minimum absolute atomic E-state index is 0.164. The zero-order valence-electron chi connectivity index (χ0n) is 12.1. The van der Waals surface area contributed by atoms with Gasteiger partial charge < -0.3 is 19.0 Å². The van der Waals surface area contributed by atoms with Gasteiger partial charge in [0.25, 0.3) is 0 Å². The number of carbonyl (C=O) groups is 1. The molecule has 1 N–H and O–H groups in total. The molecule has 5 nitrogen and oxygen atoms in total. The second-order valence-electron chi connectivity index (χ2n) is 4.60. The largest absolute Gasteiger partial charge is 0.494 e. The average Bonchev–Trinajstić information content (AvgIpc) is 2.85. The third-order valence-corrected chi connectivity index (χ3v) is 2.88. The topological polar surface area (TPSA) is 68.9 Å². The molecule has 2 aromatic rings. The Bertz CT molecular complexity index is 598. The maximum Gasteiger partial charge on any atom is 0.339 e. The van der Waals surface area contributed by atoms with E-state index in [1.165, 1.54) is 6.07 Å². The van der Waals surface area contributed by atoms with Gasteiger partial charge in [0, 0.05) is 0 Å². The first-order valence-electron chi connectivity index (χ1n) is 6.78. The number of aryl methyl sites for hydroxylation is 1. The Morgan fingerprint density at radius 2 is 1.81 bits per heavy atom. The second-order valence-corrected chi connectivity index (χ2v) is 4.60. The van der Waals surface area contributed by atoms with Crippen LogP contribution in [0, 0.1) is 6.92 Å². The van der Waals surface area contributed by atoms with Crippen molar-refractivity contribution in [2.45, 2.75) is 26.9 Å². The van der Waals surface area contributed by atoms with E-state index >= 15 is 0 Å². The summed E-state index contributed by atoms with van der Waals surface area (Å²) in [6.45, 7) is 4.54. The molecule has 0 fully saturated rings. The first kappa shape index (κ1) is 15.0. The van der Waals surface area contributed by atoms with Crippen molar-refractivity contribution in [2.24, 2.45) is 0 Å². The molecule has 0 bridgehead atoms. The average molecular weight is 290 g/mol. The van der Waals surface area contributed by atoms with Crippen molar-refractivity contribution in [3.63, 3.8) is 0 Å². The standard InChI is InChI=1S/C16H18O5/c1-3-8-19-12-4-6-13(7-5-12)20-10-14-9-15(16(17)18)11(2)21-14/h4-7,9H,3,8,10H2,1-2H3,(H,17,18). The molecule has 0 amide bonds. The molecular formula is C16H18O5. The normalized spacial score (nSPS) is 10.4. The summed E-state index contributed by atoms with van der Waals surface area (Å²) in [6, 6.07) is 8.76. The first-order valence-corrected chi connectivity index (χ1v) is 6.78. The first-order chi connectivity index (χ1) is 10.1. The van der Waals surface area contributed by atoms with E-state index in [2.05, 4.69) is 0 Å². The highest BCUT2D eigenvalue weighted by molar-refractivity contribution is 5.88. The van der Waals surface area contributed by atoms with E-state index in [-0.39, 0.29) is 12.2 Å². The number of hydrogen-bond acceptors (Lipinski definition) is 4. The summed E-state index contributed by atoms with van der Waals surface area (Å²) in [5, 5.41) is 8.95. The Balaban J connectivity index is 1.93. The summed E-state index contributed by atoms with van der Waals surface area (Å²) < 4.78 is 16.4. The molecule has 0 spiro atoms. The number of rotatable bonds is 7. The highest BCUT2D eigenvalue weighted by Gasteiger charge is 2.13. The van der Waals surface area contributed by atoms with Crippen LogP contribution in [0.25, 0.3) is 0 Å². The van der Waals surface area contributed by atoms with Gasteiger partial charge in [-0.25, -0.2) is 4.79 Å². The van der Waals surface area contributed by atoms with Crippen molar-refractivity contribution in [1.29, 1.82) is 0 Å². The Morgan fingerprint density at radius 1 is 1.19 bits per heavy atom. The lowest BCUT2D eigenvalue weighted by molar-refractivity contribution is 0.0695. The van der Waals surface area contributed by atoms with Crippen LogP contribution in [0.15, 0.2) is 34.7 Å². The lowest BCUT2D eigenvalue weighted by atomic mass is 10.2. The van der Waals surface area contributed by atoms with Crippen molar-refractivity contribution in [3.05, 3.63) is 47.4 Å². The van der Waals surface area contributed by atoms with E-state index in [1.807, 2.05) is 19.1 Å². The third-order valence-electron chi connectivity index (χ3n) is 2.88. The van der Waals surface area contributed by atoms with Crippen molar-refractivity contribution >= 4 is 5.97 Å². The van der Waals surface area contributed by atoms with E-state index in [0.29, 0.717) is 23.9 Å². The van der Waals surface area contributed by atoms with Gasteiger partial charge in [-0.15, -0.1) is 0 Å². The SMILES string of the molecule is CCCOc1ccc(OCc2cc(C(=O)O)c(C)o2)cc1. The summed E-state index contributed by atoms with van der Waals surface area (Å²) in [4.78, 5) is 10.9. The van der Waals surface area contributed by atoms with Gasteiger partial charge in [-0.3, -0.25) is 0 Å². The number of furan rings is 1. The van der Waals surface area contributed by atoms with Crippen LogP contribution in [0.5, 0.6) is 11.5 Å². The molecule has 5 heteroatoms.